The van der Waals surface area contributed by atoms with Crippen molar-refractivity contribution in [2.45, 2.75) is 31.6 Å². The number of carbonyl (C=O) groups is 1. The fraction of sp³-hybridized carbons (Fsp3) is 0.333. The van der Waals surface area contributed by atoms with Crippen molar-refractivity contribution in [3.05, 3.63) is 64.9 Å². The van der Waals surface area contributed by atoms with E-state index in [4.69, 9.17) is 9.15 Å². The molecule has 3 aromatic rings. The molecule has 1 aromatic heterocycles. The molecule has 0 unspecified atom stereocenters. The number of oxazole rings is 1. The molecule has 0 bridgehead atoms. The summed E-state index contributed by atoms with van der Waals surface area (Å²) < 4.78 is 26.0. The highest BCUT2D eigenvalue weighted by Crippen LogP contribution is 2.22. The van der Waals surface area contributed by atoms with Crippen LogP contribution in [0.4, 0.5) is 4.39 Å². The predicted octanol–water partition coefficient (Wildman–Crippen LogP) is 2.16. The topological polar surface area (TPSA) is 84.9 Å². The van der Waals surface area contributed by atoms with Crippen LogP contribution >= 0.6 is 0 Å². The van der Waals surface area contributed by atoms with Crippen molar-refractivity contribution in [3.63, 3.8) is 0 Å². The van der Waals surface area contributed by atoms with Crippen LogP contribution in [0, 0.1) is 5.82 Å². The van der Waals surface area contributed by atoms with Gasteiger partial charge in [0.05, 0.1) is 11.6 Å². The Balaban J connectivity index is 1.45. The molecule has 152 valence electrons. The van der Waals surface area contributed by atoms with Gasteiger partial charge in [0.15, 0.2) is 17.1 Å². The Hall–Kier alpha value is -3.13. The van der Waals surface area contributed by atoms with Crippen molar-refractivity contribution in [1.29, 1.82) is 0 Å². The first-order valence-corrected chi connectivity index (χ1v) is 9.48. The van der Waals surface area contributed by atoms with E-state index < -0.39 is 23.8 Å². The van der Waals surface area contributed by atoms with E-state index in [0.717, 1.165) is 0 Å². The minimum Gasteiger partial charge on any atom is -0.485 e. The van der Waals surface area contributed by atoms with Crippen LogP contribution in [0.25, 0.3) is 11.1 Å². The number of carbonyl (C=O) groups excluding carboxylic acids is 1. The highest BCUT2D eigenvalue weighted by atomic mass is 19.1. The summed E-state index contributed by atoms with van der Waals surface area (Å²) in [5, 5.41) is 10.4. The second-order valence-corrected chi connectivity index (χ2v) is 7.03. The summed E-state index contributed by atoms with van der Waals surface area (Å²) in [6.07, 6.45) is -0.805. The summed E-state index contributed by atoms with van der Waals surface area (Å²) in [4.78, 5) is 26.5. The van der Waals surface area contributed by atoms with Crippen molar-refractivity contribution in [1.82, 2.24) is 9.47 Å². The summed E-state index contributed by atoms with van der Waals surface area (Å²) in [5.74, 6) is -1.26. The molecule has 0 spiro atoms. The van der Waals surface area contributed by atoms with Crippen LogP contribution < -0.4 is 10.5 Å². The molecule has 0 saturated carbocycles. The van der Waals surface area contributed by atoms with Crippen molar-refractivity contribution in [2.24, 2.45) is 0 Å². The lowest BCUT2D eigenvalue weighted by molar-refractivity contribution is -0.131. The number of likely N-dealkylation sites (tertiary alicyclic amines) is 1. The van der Waals surface area contributed by atoms with Gasteiger partial charge >= 0.3 is 5.76 Å². The zero-order valence-electron chi connectivity index (χ0n) is 15.7. The first-order valence-electron chi connectivity index (χ1n) is 9.48. The lowest BCUT2D eigenvalue weighted by Crippen LogP contribution is -2.36. The van der Waals surface area contributed by atoms with E-state index in [9.17, 15) is 19.1 Å². The monoisotopic (exact) mass is 400 g/mol. The van der Waals surface area contributed by atoms with Gasteiger partial charge in [-0.15, -0.1) is 0 Å². The SMILES string of the molecule is O=C(Cn1c(=O)oc2ccccc21)N1CC[C@H](Oc2ccccc2F)[C@@H](O)CC1. The van der Waals surface area contributed by atoms with Crippen molar-refractivity contribution < 1.29 is 23.4 Å². The summed E-state index contributed by atoms with van der Waals surface area (Å²) in [7, 11) is 0. The Morgan fingerprint density at radius 1 is 1.14 bits per heavy atom. The molecule has 1 aliphatic rings. The van der Waals surface area contributed by atoms with E-state index >= 15 is 0 Å². The van der Waals surface area contributed by atoms with E-state index in [0.29, 0.717) is 37.0 Å². The standard InChI is InChI=1S/C21H21FN2O5/c22-14-5-1-3-7-17(14)28-19-10-12-23(11-9-16(19)25)20(26)13-24-15-6-2-4-8-18(15)29-21(24)27/h1-8,16,19,25H,9-13H2/t16-,19-/m0/s1. The second kappa shape index (κ2) is 8.08. The Morgan fingerprint density at radius 3 is 2.69 bits per heavy atom. The molecule has 29 heavy (non-hydrogen) atoms. The molecule has 2 aromatic carbocycles. The highest BCUT2D eigenvalue weighted by molar-refractivity contribution is 5.79. The van der Waals surface area contributed by atoms with Crippen LogP contribution in [-0.4, -0.2) is 45.8 Å². The normalized spacial score (nSPS) is 19.9. The Kier molecular flexibility index (Phi) is 5.35. The van der Waals surface area contributed by atoms with Gasteiger partial charge in [-0.05, 0) is 30.7 Å². The minimum absolute atomic E-state index is 0.0766. The molecule has 0 radical (unpaired) electrons. The van der Waals surface area contributed by atoms with Crippen molar-refractivity contribution >= 4 is 17.0 Å². The number of nitrogens with zero attached hydrogens (tertiary/aromatic N) is 2. The van der Waals surface area contributed by atoms with Crippen molar-refractivity contribution in [3.8, 4) is 5.75 Å². The molecule has 0 aliphatic carbocycles. The summed E-state index contributed by atoms with van der Waals surface area (Å²) in [5.41, 5.74) is 0.983. The van der Waals surface area contributed by atoms with Crippen LogP contribution in [0.1, 0.15) is 12.8 Å². The van der Waals surface area contributed by atoms with Gasteiger partial charge in [0.2, 0.25) is 5.91 Å². The number of ether oxygens (including phenoxy) is 1. The third-order valence-electron chi connectivity index (χ3n) is 5.14. The van der Waals surface area contributed by atoms with Gasteiger partial charge in [-0.2, -0.15) is 0 Å². The highest BCUT2D eigenvalue weighted by Gasteiger charge is 2.29. The number of aliphatic hydroxyl groups is 1. The lowest BCUT2D eigenvalue weighted by atomic mass is 10.1. The molecule has 1 saturated heterocycles. The molecule has 2 heterocycles. The minimum atomic E-state index is -0.829. The van der Waals surface area contributed by atoms with Gasteiger partial charge in [-0.3, -0.25) is 9.36 Å². The summed E-state index contributed by atoms with van der Waals surface area (Å²) in [6, 6.07) is 12.9. The average Bonchev–Trinajstić information content (AvgIpc) is 2.90. The van der Waals surface area contributed by atoms with E-state index in [-0.39, 0.29) is 18.2 Å². The average molecular weight is 400 g/mol. The van der Waals surface area contributed by atoms with Crippen LogP contribution in [0.5, 0.6) is 5.75 Å². The third kappa shape index (κ3) is 4.02. The number of hydrogen-bond acceptors (Lipinski definition) is 5. The van der Waals surface area contributed by atoms with E-state index in [1.54, 1.807) is 41.3 Å². The number of hydrogen-bond donors (Lipinski definition) is 1. The maximum Gasteiger partial charge on any atom is 0.420 e. The fourth-order valence-electron chi connectivity index (χ4n) is 3.55. The van der Waals surface area contributed by atoms with E-state index in [1.807, 2.05) is 0 Å². The number of amides is 1. The number of rotatable bonds is 4. The molecular formula is C21H21FN2O5. The number of benzene rings is 2. The molecule has 4 rings (SSSR count). The van der Waals surface area contributed by atoms with Crippen molar-refractivity contribution in [2.75, 3.05) is 13.1 Å². The first-order chi connectivity index (χ1) is 14.0. The largest absolute Gasteiger partial charge is 0.485 e. The van der Waals surface area contributed by atoms with E-state index in [2.05, 4.69) is 0 Å². The molecule has 1 N–H and O–H groups in total. The van der Waals surface area contributed by atoms with Gasteiger partial charge in [-0.1, -0.05) is 24.3 Å². The van der Waals surface area contributed by atoms with Gasteiger partial charge in [-0.25, -0.2) is 9.18 Å². The zero-order chi connectivity index (χ0) is 20.4. The van der Waals surface area contributed by atoms with Crippen LogP contribution in [0.15, 0.2) is 57.7 Å². The molecular weight excluding hydrogens is 379 g/mol. The number of fused-ring (bicyclic) bond motifs is 1. The number of para-hydroxylation sites is 3. The maximum absolute atomic E-state index is 13.8. The Bertz CT molecular complexity index is 1080. The Labute approximate surface area is 165 Å². The number of aliphatic hydroxyl groups excluding tert-OH is 1. The maximum atomic E-state index is 13.8. The predicted molar refractivity (Wildman–Crippen MR) is 103 cm³/mol. The van der Waals surface area contributed by atoms with Gasteiger partial charge in [0.1, 0.15) is 12.6 Å². The van der Waals surface area contributed by atoms with Gasteiger partial charge < -0.3 is 19.2 Å². The van der Waals surface area contributed by atoms with Gasteiger partial charge in [0, 0.05) is 19.5 Å². The van der Waals surface area contributed by atoms with Crippen LogP contribution in [0.2, 0.25) is 0 Å². The smallest absolute Gasteiger partial charge is 0.420 e. The van der Waals surface area contributed by atoms with Crippen LogP contribution in [-0.2, 0) is 11.3 Å². The third-order valence-corrected chi connectivity index (χ3v) is 5.14. The zero-order valence-corrected chi connectivity index (χ0v) is 15.7. The molecule has 2 atom stereocenters. The molecule has 1 amide bonds. The summed E-state index contributed by atoms with van der Waals surface area (Å²) in [6.45, 7) is 0.506. The second-order valence-electron chi connectivity index (χ2n) is 7.03. The Morgan fingerprint density at radius 2 is 1.86 bits per heavy atom. The number of halogens is 1. The lowest BCUT2D eigenvalue weighted by Gasteiger charge is -2.22. The number of aromatic nitrogens is 1. The quantitative estimate of drug-likeness (QED) is 0.726. The first kappa shape index (κ1) is 19.2. The molecule has 8 heteroatoms. The van der Waals surface area contributed by atoms with Crippen LogP contribution in [0.3, 0.4) is 0 Å². The molecule has 7 nitrogen and oxygen atoms in total. The van der Waals surface area contributed by atoms with Gasteiger partial charge in [0.25, 0.3) is 0 Å². The van der Waals surface area contributed by atoms with E-state index in [1.165, 1.54) is 16.7 Å². The fourth-order valence-corrected chi connectivity index (χ4v) is 3.55. The molecule has 1 aliphatic heterocycles. The summed E-state index contributed by atoms with van der Waals surface area (Å²) >= 11 is 0. The molecule has 1 fully saturated rings.